The molecule has 2 aliphatic rings. The molecule has 3 aromatic carbocycles. The summed E-state index contributed by atoms with van der Waals surface area (Å²) in [6.07, 6.45) is 6.11. The zero-order valence-corrected chi connectivity index (χ0v) is 22.2. The number of aryl methyl sites for hydroxylation is 1. The number of hydrogen-bond acceptors (Lipinski definition) is 3. The lowest BCUT2D eigenvalue weighted by Crippen LogP contribution is -2.39. The molecule has 0 heterocycles. The van der Waals surface area contributed by atoms with Gasteiger partial charge >= 0.3 is 0 Å². The quantitative estimate of drug-likeness (QED) is 0.375. The van der Waals surface area contributed by atoms with Gasteiger partial charge in [-0.15, -0.1) is 0 Å². The van der Waals surface area contributed by atoms with Gasteiger partial charge in [-0.25, -0.2) is 0 Å². The standard InChI is InChI=1S/C33H38N2O3/c1-23-8-7-11-27(20-23)33(38)35(28-18-19-28)21-24-14-16-25(17-15-24)29-12-5-6-13-30(29)32(37)34-31(22-36)26-9-3-2-4-10-26/h2-4,7-11,14-17,20,28-31,36H,5-6,12-13,18-19,21-22H2,1H3,(H,34,37). The van der Waals surface area contributed by atoms with Gasteiger partial charge in [-0.1, -0.05) is 85.1 Å². The number of rotatable bonds is 9. The number of carbonyl (C=O) groups excluding carboxylic acids is 2. The van der Waals surface area contributed by atoms with Crippen molar-refractivity contribution in [1.29, 1.82) is 0 Å². The van der Waals surface area contributed by atoms with Crippen LogP contribution in [0.5, 0.6) is 0 Å². The number of hydrogen-bond donors (Lipinski definition) is 2. The third kappa shape index (κ3) is 6.16. The molecular formula is C33H38N2O3. The number of aliphatic hydroxyl groups is 1. The second-order valence-electron chi connectivity index (χ2n) is 10.9. The number of nitrogens with one attached hydrogen (secondary N) is 1. The van der Waals surface area contributed by atoms with Gasteiger partial charge < -0.3 is 15.3 Å². The molecular weight excluding hydrogens is 472 g/mol. The Hall–Kier alpha value is -3.44. The zero-order valence-electron chi connectivity index (χ0n) is 22.2. The predicted molar refractivity (Wildman–Crippen MR) is 150 cm³/mol. The van der Waals surface area contributed by atoms with E-state index in [0.717, 1.165) is 60.8 Å². The van der Waals surface area contributed by atoms with Crippen LogP contribution in [0.1, 0.15) is 83.1 Å². The van der Waals surface area contributed by atoms with E-state index >= 15 is 0 Å². The second-order valence-corrected chi connectivity index (χ2v) is 10.9. The van der Waals surface area contributed by atoms with Gasteiger partial charge in [0.1, 0.15) is 0 Å². The molecule has 2 saturated carbocycles. The van der Waals surface area contributed by atoms with E-state index in [1.54, 1.807) is 0 Å². The van der Waals surface area contributed by atoms with Crippen LogP contribution in [0.15, 0.2) is 78.9 Å². The Labute approximate surface area is 225 Å². The van der Waals surface area contributed by atoms with Gasteiger partial charge in [0, 0.05) is 24.1 Å². The molecule has 0 bridgehead atoms. The first-order valence-corrected chi connectivity index (χ1v) is 14.0. The summed E-state index contributed by atoms with van der Waals surface area (Å²) in [7, 11) is 0. The highest BCUT2D eigenvalue weighted by molar-refractivity contribution is 5.94. The first kappa shape index (κ1) is 26.2. The number of carbonyl (C=O) groups is 2. The SMILES string of the molecule is Cc1cccc(C(=O)N(Cc2ccc(C3CCCCC3C(=O)NC(CO)c3ccccc3)cc2)C2CC2)c1. The third-order valence-electron chi connectivity index (χ3n) is 8.08. The average Bonchev–Trinajstić information content (AvgIpc) is 3.80. The van der Waals surface area contributed by atoms with E-state index in [9.17, 15) is 14.7 Å². The summed E-state index contributed by atoms with van der Waals surface area (Å²) in [5, 5.41) is 13.0. The van der Waals surface area contributed by atoms with Crippen molar-refractivity contribution in [3.63, 3.8) is 0 Å². The highest BCUT2D eigenvalue weighted by Gasteiger charge is 2.34. The molecule has 3 aromatic rings. The lowest BCUT2D eigenvalue weighted by Gasteiger charge is -2.32. The summed E-state index contributed by atoms with van der Waals surface area (Å²) in [4.78, 5) is 28.7. The summed E-state index contributed by atoms with van der Waals surface area (Å²) in [5.74, 6) is 0.158. The fourth-order valence-electron chi connectivity index (χ4n) is 5.81. The Kier molecular flexibility index (Phi) is 8.23. The molecule has 0 spiro atoms. The third-order valence-corrected chi connectivity index (χ3v) is 8.08. The maximum Gasteiger partial charge on any atom is 0.254 e. The maximum absolute atomic E-state index is 13.4. The normalized spacial score (nSPS) is 19.9. The fourth-order valence-corrected chi connectivity index (χ4v) is 5.81. The molecule has 0 aliphatic heterocycles. The average molecular weight is 511 g/mol. The summed E-state index contributed by atoms with van der Waals surface area (Å²) in [6, 6.07) is 26.0. The minimum Gasteiger partial charge on any atom is -0.394 e. The molecule has 0 saturated heterocycles. The van der Waals surface area contributed by atoms with E-state index in [0.29, 0.717) is 12.6 Å². The van der Waals surface area contributed by atoms with Crippen LogP contribution in [0, 0.1) is 12.8 Å². The largest absolute Gasteiger partial charge is 0.394 e. The van der Waals surface area contributed by atoms with E-state index in [2.05, 4.69) is 29.6 Å². The van der Waals surface area contributed by atoms with Crippen molar-refractivity contribution < 1.29 is 14.7 Å². The number of nitrogens with zero attached hydrogens (tertiary/aromatic N) is 1. The summed E-state index contributed by atoms with van der Waals surface area (Å²) >= 11 is 0. The molecule has 0 radical (unpaired) electrons. The fraction of sp³-hybridized carbons (Fsp3) is 0.394. The van der Waals surface area contributed by atoms with Crippen LogP contribution in [0.25, 0.3) is 0 Å². The first-order valence-electron chi connectivity index (χ1n) is 14.0. The zero-order chi connectivity index (χ0) is 26.5. The van der Waals surface area contributed by atoms with E-state index in [-0.39, 0.29) is 30.3 Å². The van der Waals surface area contributed by atoms with E-state index < -0.39 is 6.04 Å². The molecule has 2 aliphatic carbocycles. The topological polar surface area (TPSA) is 69.6 Å². The van der Waals surface area contributed by atoms with Gasteiger partial charge in [-0.05, 0) is 67.3 Å². The van der Waals surface area contributed by atoms with Crippen molar-refractivity contribution in [3.8, 4) is 0 Å². The number of benzene rings is 3. The molecule has 2 fully saturated rings. The predicted octanol–water partition coefficient (Wildman–Crippen LogP) is 5.92. The second kappa shape index (κ2) is 12.0. The number of aliphatic hydroxyl groups excluding tert-OH is 1. The van der Waals surface area contributed by atoms with Gasteiger partial charge in [-0.3, -0.25) is 9.59 Å². The molecule has 0 aromatic heterocycles. The van der Waals surface area contributed by atoms with E-state index in [1.807, 2.05) is 66.4 Å². The van der Waals surface area contributed by atoms with Crippen LogP contribution >= 0.6 is 0 Å². The summed E-state index contributed by atoms with van der Waals surface area (Å²) < 4.78 is 0. The van der Waals surface area contributed by atoms with Gasteiger partial charge in [0.05, 0.1) is 12.6 Å². The smallest absolute Gasteiger partial charge is 0.254 e. The molecule has 5 rings (SSSR count). The Morgan fingerprint density at radius 2 is 1.66 bits per heavy atom. The van der Waals surface area contributed by atoms with Crippen molar-refractivity contribution >= 4 is 11.8 Å². The molecule has 2 amide bonds. The van der Waals surface area contributed by atoms with Crippen LogP contribution in [-0.2, 0) is 11.3 Å². The van der Waals surface area contributed by atoms with Gasteiger partial charge in [0.2, 0.25) is 5.91 Å². The first-order chi connectivity index (χ1) is 18.5. The Balaban J connectivity index is 1.28. The molecule has 2 N–H and O–H groups in total. The van der Waals surface area contributed by atoms with Crippen LogP contribution < -0.4 is 5.32 Å². The van der Waals surface area contributed by atoms with Crippen molar-refractivity contribution in [1.82, 2.24) is 10.2 Å². The van der Waals surface area contributed by atoms with Gasteiger partial charge in [0.15, 0.2) is 0 Å². The van der Waals surface area contributed by atoms with Crippen LogP contribution in [0.2, 0.25) is 0 Å². The summed E-state index contributed by atoms with van der Waals surface area (Å²) in [6.45, 7) is 2.49. The van der Waals surface area contributed by atoms with E-state index in [1.165, 1.54) is 5.56 Å². The lowest BCUT2D eigenvalue weighted by molar-refractivity contribution is -0.127. The van der Waals surface area contributed by atoms with Crippen molar-refractivity contribution in [2.45, 2.75) is 70.0 Å². The van der Waals surface area contributed by atoms with Crippen LogP contribution in [-0.4, -0.2) is 34.5 Å². The van der Waals surface area contributed by atoms with Gasteiger partial charge in [-0.2, -0.15) is 0 Å². The van der Waals surface area contributed by atoms with E-state index in [4.69, 9.17) is 0 Å². The van der Waals surface area contributed by atoms with Crippen LogP contribution in [0.4, 0.5) is 0 Å². The molecule has 38 heavy (non-hydrogen) atoms. The van der Waals surface area contributed by atoms with Crippen molar-refractivity contribution in [2.24, 2.45) is 5.92 Å². The molecule has 198 valence electrons. The Bertz CT molecular complexity index is 1240. The van der Waals surface area contributed by atoms with Crippen molar-refractivity contribution in [2.75, 3.05) is 6.61 Å². The molecule has 5 nitrogen and oxygen atoms in total. The highest BCUT2D eigenvalue weighted by Crippen LogP contribution is 2.39. The molecule has 3 unspecified atom stereocenters. The van der Waals surface area contributed by atoms with Crippen LogP contribution in [0.3, 0.4) is 0 Å². The molecule has 3 atom stereocenters. The minimum absolute atomic E-state index is 0.0188. The lowest BCUT2D eigenvalue weighted by atomic mass is 9.74. The minimum atomic E-state index is -0.395. The Morgan fingerprint density at radius 3 is 2.34 bits per heavy atom. The maximum atomic E-state index is 13.4. The highest BCUT2D eigenvalue weighted by atomic mass is 16.3. The molecule has 5 heteroatoms. The number of amides is 2. The Morgan fingerprint density at radius 1 is 0.921 bits per heavy atom. The van der Waals surface area contributed by atoms with Crippen molar-refractivity contribution in [3.05, 3.63) is 107 Å². The summed E-state index contributed by atoms with van der Waals surface area (Å²) in [5.41, 5.74) is 5.05. The monoisotopic (exact) mass is 510 g/mol. The van der Waals surface area contributed by atoms with Gasteiger partial charge in [0.25, 0.3) is 5.91 Å².